The fourth-order valence-electron chi connectivity index (χ4n) is 2.21. The summed E-state index contributed by atoms with van der Waals surface area (Å²) in [6, 6.07) is 21.4. The van der Waals surface area contributed by atoms with Gasteiger partial charge in [-0.05, 0) is 35.9 Å². The van der Waals surface area contributed by atoms with Crippen LogP contribution in [0.3, 0.4) is 0 Å². The van der Waals surface area contributed by atoms with Crippen LogP contribution in [0.25, 0.3) is 11.8 Å². The first-order chi connectivity index (χ1) is 10.8. The lowest BCUT2D eigenvalue weighted by atomic mass is 10.2. The monoisotopic (exact) mass is 288 g/mol. The van der Waals surface area contributed by atoms with E-state index in [4.69, 9.17) is 0 Å². The molecular formula is C19H16N2O. The molecule has 3 aromatic rings. The lowest BCUT2D eigenvalue weighted by Crippen LogP contribution is -2.10. The second-order valence-electron chi connectivity index (χ2n) is 4.84. The summed E-state index contributed by atoms with van der Waals surface area (Å²) in [6.07, 6.45) is 7.24. The quantitative estimate of drug-likeness (QED) is 0.720. The molecule has 1 aromatic heterocycles. The van der Waals surface area contributed by atoms with Crippen molar-refractivity contribution in [3.63, 3.8) is 0 Å². The van der Waals surface area contributed by atoms with Crippen molar-refractivity contribution in [3.05, 3.63) is 90.8 Å². The van der Waals surface area contributed by atoms with Crippen LogP contribution < -0.4 is 5.32 Å². The van der Waals surface area contributed by atoms with Crippen LogP contribution >= 0.6 is 0 Å². The number of nitrogens with one attached hydrogen (secondary N) is 1. The van der Waals surface area contributed by atoms with Gasteiger partial charge in [-0.3, -0.25) is 4.79 Å². The topological polar surface area (TPSA) is 34.0 Å². The van der Waals surface area contributed by atoms with Crippen LogP contribution in [0.15, 0.2) is 85.2 Å². The number of benzene rings is 2. The van der Waals surface area contributed by atoms with E-state index in [1.807, 2.05) is 83.7 Å². The highest BCUT2D eigenvalue weighted by atomic mass is 16.1. The molecule has 0 unspecified atom stereocenters. The SMILES string of the molecule is O=C(/C=C/c1ccccc1)Nc1ccccc1-n1cccc1. The maximum atomic E-state index is 12.1. The lowest BCUT2D eigenvalue weighted by molar-refractivity contribution is -0.111. The summed E-state index contributed by atoms with van der Waals surface area (Å²) in [5, 5.41) is 2.92. The molecule has 1 N–H and O–H groups in total. The van der Waals surface area contributed by atoms with E-state index in [1.54, 1.807) is 12.2 Å². The molecule has 22 heavy (non-hydrogen) atoms. The minimum Gasteiger partial charge on any atom is -0.322 e. The van der Waals surface area contributed by atoms with E-state index in [1.165, 1.54) is 0 Å². The van der Waals surface area contributed by atoms with Gasteiger partial charge in [-0.15, -0.1) is 0 Å². The molecule has 0 aliphatic carbocycles. The number of hydrogen-bond donors (Lipinski definition) is 1. The van der Waals surface area contributed by atoms with Crippen LogP contribution in [0.5, 0.6) is 0 Å². The Morgan fingerprint density at radius 1 is 0.864 bits per heavy atom. The Hall–Kier alpha value is -3.07. The lowest BCUT2D eigenvalue weighted by Gasteiger charge is -2.10. The van der Waals surface area contributed by atoms with Crippen LogP contribution in [-0.4, -0.2) is 10.5 Å². The van der Waals surface area contributed by atoms with Gasteiger partial charge in [0.2, 0.25) is 5.91 Å². The Kier molecular flexibility index (Phi) is 4.16. The standard InChI is InChI=1S/C19H16N2O/c22-19(13-12-16-8-2-1-3-9-16)20-17-10-4-5-11-18(17)21-14-6-7-15-21/h1-15H,(H,20,22)/b13-12+. The van der Waals surface area contributed by atoms with Crippen molar-refractivity contribution >= 4 is 17.7 Å². The average molecular weight is 288 g/mol. The van der Waals surface area contributed by atoms with Gasteiger partial charge >= 0.3 is 0 Å². The van der Waals surface area contributed by atoms with Crippen molar-refractivity contribution < 1.29 is 4.79 Å². The van der Waals surface area contributed by atoms with E-state index in [-0.39, 0.29) is 5.91 Å². The molecule has 0 bridgehead atoms. The molecule has 2 aromatic carbocycles. The molecule has 3 nitrogen and oxygen atoms in total. The van der Waals surface area contributed by atoms with E-state index in [0.29, 0.717) is 0 Å². The molecule has 0 saturated carbocycles. The number of rotatable bonds is 4. The largest absolute Gasteiger partial charge is 0.322 e. The molecule has 0 radical (unpaired) electrons. The third-order valence-electron chi connectivity index (χ3n) is 3.27. The van der Waals surface area contributed by atoms with Gasteiger partial charge in [0.25, 0.3) is 0 Å². The van der Waals surface area contributed by atoms with Gasteiger partial charge in [0.1, 0.15) is 0 Å². The summed E-state index contributed by atoms with van der Waals surface area (Å²) in [5.41, 5.74) is 2.71. The average Bonchev–Trinajstić information content (AvgIpc) is 3.09. The Morgan fingerprint density at radius 3 is 2.32 bits per heavy atom. The Balaban J connectivity index is 1.76. The molecule has 0 aliphatic heterocycles. The zero-order chi connectivity index (χ0) is 15.2. The summed E-state index contributed by atoms with van der Waals surface area (Å²) in [4.78, 5) is 12.1. The predicted molar refractivity (Wildman–Crippen MR) is 89.9 cm³/mol. The van der Waals surface area contributed by atoms with Crippen LogP contribution in [0.4, 0.5) is 5.69 Å². The number of para-hydroxylation sites is 2. The summed E-state index contributed by atoms with van der Waals surface area (Å²) in [7, 11) is 0. The minimum atomic E-state index is -0.150. The minimum absolute atomic E-state index is 0.150. The maximum Gasteiger partial charge on any atom is 0.248 e. The Bertz CT molecular complexity index is 774. The summed E-state index contributed by atoms with van der Waals surface area (Å²) >= 11 is 0. The molecule has 0 spiro atoms. The molecule has 0 fully saturated rings. The highest BCUT2D eigenvalue weighted by Crippen LogP contribution is 2.20. The fraction of sp³-hybridized carbons (Fsp3) is 0. The zero-order valence-electron chi connectivity index (χ0n) is 12.0. The van der Waals surface area contributed by atoms with Crippen molar-refractivity contribution in [2.24, 2.45) is 0 Å². The van der Waals surface area contributed by atoms with E-state index >= 15 is 0 Å². The molecular weight excluding hydrogens is 272 g/mol. The number of carbonyl (C=O) groups excluding carboxylic acids is 1. The first-order valence-electron chi connectivity index (χ1n) is 7.09. The van der Waals surface area contributed by atoms with Crippen molar-refractivity contribution in [2.45, 2.75) is 0 Å². The van der Waals surface area contributed by atoms with Gasteiger partial charge in [-0.2, -0.15) is 0 Å². The van der Waals surface area contributed by atoms with Crippen molar-refractivity contribution in [2.75, 3.05) is 5.32 Å². The molecule has 0 aliphatic rings. The van der Waals surface area contributed by atoms with Crippen LogP contribution in [0.1, 0.15) is 5.56 Å². The zero-order valence-corrected chi connectivity index (χ0v) is 12.0. The third-order valence-corrected chi connectivity index (χ3v) is 3.27. The second-order valence-corrected chi connectivity index (χ2v) is 4.84. The smallest absolute Gasteiger partial charge is 0.248 e. The molecule has 1 amide bonds. The fourth-order valence-corrected chi connectivity index (χ4v) is 2.21. The second kappa shape index (κ2) is 6.59. The van der Waals surface area contributed by atoms with E-state index in [9.17, 15) is 4.79 Å². The highest BCUT2D eigenvalue weighted by molar-refractivity contribution is 6.03. The molecule has 3 heteroatoms. The van der Waals surface area contributed by atoms with E-state index in [0.717, 1.165) is 16.9 Å². The van der Waals surface area contributed by atoms with Crippen molar-refractivity contribution in [1.82, 2.24) is 4.57 Å². The molecule has 0 saturated heterocycles. The van der Waals surface area contributed by atoms with Gasteiger partial charge in [0.05, 0.1) is 11.4 Å². The van der Waals surface area contributed by atoms with Gasteiger partial charge < -0.3 is 9.88 Å². The van der Waals surface area contributed by atoms with E-state index < -0.39 is 0 Å². The van der Waals surface area contributed by atoms with Crippen LogP contribution in [-0.2, 0) is 4.79 Å². The molecule has 1 heterocycles. The number of carbonyl (C=O) groups is 1. The number of amides is 1. The number of anilines is 1. The predicted octanol–water partition coefficient (Wildman–Crippen LogP) is 4.13. The van der Waals surface area contributed by atoms with Gasteiger partial charge in [0, 0.05) is 18.5 Å². The van der Waals surface area contributed by atoms with Gasteiger partial charge in [0.15, 0.2) is 0 Å². The summed E-state index contributed by atoms with van der Waals surface area (Å²) in [5.74, 6) is -0.150. The number of hydrogen-bond acceptors (Lipinski definition) is 1. The Morgan fingerprint density at radius 2 is 1.55 bits per heavy atom. The maximum absolute atomic E-state index is 12.1. The normalized spacial score (nSPS) is 10.7. The number of aromatic nitrogens is 1. The van der Waals surface area contributed by atoms with Crippen molar-refractivity contribution in [3.8, 4) is 5.69 Å². The molecule has 3 rings (SSSR count). The highest BCUT2D eigenvalue weighted by Gasteiger charge is 2.05. The number of nitrogens with zero attached hydrogens (tertiary/aromatic N) is 1. The van der Waals surface area contributed by atoms with E-state index in [2.05, 4.69) is 5.32 Å². The van der Waals surface area contributed by atoms with Crippen LogP contribution in [0, 0.1) is 0 Å². The molecule has 0 atom stereocenters. The van der Waals surface area contributed by atoms with Gasteiger partial charge in [-0.1, -0.05) is 42.5 Å². The third kappa shape index (κ3) is 3.33. The first-order valence-corrected chi connectivity index (χ1v) is 7.09. The van der Waals surface area contributed by atoms with Crippen molar-refractivity contribution in [1.29, 1.82) is 0 Å². The summed E-state index contributed by atoms with van der Waals surface area (Å²) < 4.78 is 1.97. The molecule has 108 valence electrons. The first kappa shape index (κ1) is 13.9. The Labute approximate surface area is 129 Å². The van der Waals surface area contributed by atoms with Crippen LogP contribution in [0.2, 0.25) is 0 Å². The summed E-state index contributed by atoms with van der Waals surface area (Å²) in [6.45, 7) is 0. The van der Waals surface area contributed by atoms with Gasteiger partial charge in [-0.25, -0.2) is 0 Å².